The van der Waals surface area contributed by atoms with E-state index in [-0.39, 0.29) is 18.3 Å². The molecule has 0 saturated carbocycles. The lowest BCUT2D eigenvalue weighted by atomic mass is 10.3. The fraction of sp³-hybridized carbons (Fsp3) is 0.190. The molecule has 1 heterocycles. The van der Waals surface area contributed by atoms with Crippen LogP contribution in [0.1, 0.15) is 5.82 Å². The van der Waals surface area contributed by atoms with Gasteiger partial charge in [0.05, 0.1) is 28.6 Å². The van der Waals surface area contributed by atoms with E-state index in [1.54, 1.807) is 31.4 Å². The molecule has 0 spiro atoms. The molecule has 10 heteroatoms. The first kappa shape index (κ1) is 23.0. The lowest BCUT2D eigenvalue weighted by Crippen LogP contribution is -2.15. The van der Waals surface area contributed by atoms with Gasteiger partial charge in [-0.3, -0.25) is 9.36 Å². The van der Waals surface area contributed by atoms with Gasteiger partial charge in [-0.05, 0) is 36.4 Å². The van der Waals surface area contributed by atoms with Crippen LogP contribution in [0.4, 0.5) is 5.69 Å². The van der Waals surface area contributed by atoms with Crippen LogP contribution in [-0.2, 0) is 17.9 Å². The molecule has 0 radical (unpaired) electrons. The van der Waals surface area contributed by atoms with Crippen LogP contribution in [0.15, 0.2) is 60.3 Å². The zero-order valence-electron chi connectivity index (χ0n) is 16.7. The van der Waals surface area contributed by atoms with Crippen molar-refractivity contribution in [3.05, 3.63) is 71.0 Å². The van der Waals surface area contributed by atoms with Crippen LogP contribution in [-0.4, -0.2) is 33.5 Å². The van der Waals surface area contributed by atoms with E-state index in [1.165, 1.54) is 11.8 Å². The summed E-state index contributed by atoms with van der Waals surface area (Å²) in [5, 5.41) is 12.4. The summed E-state index contributed by atoms with van der Waals surface area (Å²) in [6.07, 6.45) is 1.73. The molecule has 0 saturated heterocycles. The van der Waals surface area contributed by atoms with Gasteiger partial charge in [-0.1, -0.05) is 47.1 Å². The van der Waals surface area contributed by atoms with Crippen LogP contribution in [0.3, 0.4) is 0 Å². The Hall–Kier alpha value is -2.68. The number of methoxy groups -OCH3 is 1. The van der Waals surface area contributed by atoms with Gasteiger partial charge in [-0.2, -0.15) is 0 Å². The molecule has 0 atom stereocenters. The molecule has 3 rings (SSSR count). The maximum Gasteiger partial charge on any atom is 0.234 e. The van der Waals surface area contributed by atoms with Crippen molar-refractivity contribution >= 4 is 46.6 Å². The SMILES string of the molecule is C=CCn1c(COc2ccc(OC)cc2)nnc1SCC(=O)Nc1cccc(Cl)c1Cl. The molecule has 0 fully saturated rings. The number of aromatic nitrogens is 3. The topological polar surface area (TPSA) is 78.3 Å². The number of benzene rings is 2. The van der Waals surface area contributed by atoms with E-state index in [0.29, 0.717) is 39.0 Å². The maximum atomic E-state index is 12.3. The molecule has 162 valence electrons. The van der Waals surface area contributed by atoms with Gasteiger partial charge < -0.3 is 14.8 Å². The number of halogens is 2. The second kappa shape index (κ2) is 11.1. The predicted molar refractivity (Wildman–Crippen MR) is 123 cm³/mol. The molecular formula is C21H20Cl2N4O3S. The Kier molecular flexibility index (Phi) is 8.22. The van der Waals surface area contributed by atoms with Crippen molar-refractivity contribution < 1.29 is 14.3 Å². The van der Waals surface area contributed by atoms with E-state index in [1.807, 2.05) is 28.8 Å². The predicted octanol–water partition coefficient (Wildman–Crippen LogP) is 5.09. The molecule has 7 nitrogen and oxygen atoms in total. The summed E-state index contributed by atoms with van der Waals surface area (Å²) in [5.41, 5.74) is 0.459. The van der Waals surface area contributed by atoms with Crippen LogP contribution < -0.4 is 14.8 Å². The number of hydrogen-bond acceptors (Lipinski definition) is 6. The minimum Gasteiger partial charge on any atom is -0.497 e. The summed E-state index contributed by atoms with van der Waals surface area (Å²) in [5.74, 6) is 1.94. The van der Waals surface area contributed by atoms with E-state index in [4.69, 9.17) is 32.7 Å². The Morgan fingerprint density at radius 2 is 1.94 bits per heavy atom. The zero-order chi connectivity index (χ0) is 22.2. The zero-order valence-corrected chi connectivity index (χ0v) is 19.0. The summed E-state index contributed by atoms with van der Waals surface area (Å²) in [6, 6.07) is 12.3. The molecule has 0 aliphatic rings. The number of nitrogens with one attached hydrogen (secondary N) is 1. The molecule has 1 amide bonds. The number of carbonyl (C=O) groups excluding carboxylic acids is 1. The van der Waals surface area contributed by atoms with Crippen LogP contribution in [0.5, 0.6) is 11.5 Å². The molecule has 1 aromatic heterocycles. The van der Waals surface area contributed by atoms with Crippen molar-refractivity contribution in [2.75, 3.05) is 18.2 Å². The number of thioether (sulfide) groups is 1. The molecule has 0 aliphatic heterocycles. The normalized spacial score (nSPS) is 10.5. The molecule has 0 bridgehead atoms. The number of hydrogen-bond donors (Lipinski definition) is 1. The first-order chi connectivity index (χ1) is 15.0. The van der Waals surface area contributed by atoms with Gasteiger partial charge in [-0.15, -0.1) is 16.8 Å². The van der Waals surface area contributed by atoms with E-state index in [2.05, 4.69) is 22.1 Å². The number of anilines is 1. The molecule has 0 unspecified atom stereocenters. The van der Waals surface area contributed by atoms with Gasteiger partial charge in [-0.25, -0.2) is 0 Å². The molecular weight excluding hydrogens is 459 g/mol. The fourth-order valence-electron chi connectivity index (χ4n) is 2.58. The van der Waals surface area contributed by atoms with E-state index in [9.17, 15) is 4.79 Å². The average Bonchev–Trinajstić information content (AvgIpc) is 3.16. The Bertz CT molecular complexity index is 1060. The Morgan fingerprint density at radius 1 is 1.19 bits per heavy atom. The number of amides is 1. The van der Waals surface area contributed by atoms with Crippen molar-refractivity contribution in [3.8, 4) is 11.5 Å². The lowest BCUT2D eigenvalue weighted by Gasteiger charge is -2.10. The van der Waals surface area contributed by atoms with E-state index >= 15 is 0 Å². The largest absolute Gasteiger partial charge is 0.497 e. The number of rotatable bonds is 10. The van der Waals surface area contributed by atoms with Crippen LogP contribution in [0.25, 0.3) is 0 Å². The summed E-state index contributed by atoms with van der Waals surface area (Å²) in [6.45, 7) is 4.48. The number of carbonyl (C=O) groups is 1. The fourth-order valence-corrected chi connectivity index (χ4v) is 3.70. The third-order valence-corrected chi connectivity index (χ3v) is 5.88. The maximum absolute atomic E-state index is 12.3. The van der Waals surface area contributed by atoms with Crippen molar-refractivity contribution in [3.63, 3.8) is 0 Å². The number of ether oxygens (including phenoxy) is 2. The number of allylic oxidation sites excluding steroid dienone is 1. The van der Waals surface area contributed by atoms with E-state index < -0.39 is 0 Å². The van der Waals surface area contributed by atoms with Gasteiger partial charge in [0.25, 0.3) is 0 Å². The van der Waals surface area contributed by atoms with Crippen molar-refractivity contribution in [2.45, 2.75) is 18.3 Å². The minimum absolute atomic E-state index is 0.122. The second-order valence-corrected chi connectivity index (χ2v) is 7.93. The lowest BCUT2D eigenvalue weighted by molar-refractivity contribution is -0.113. The Balaban J connectivity index is 1.61. The van der Waals surface area contributed by atoms with Crippen molar-refractivity contribution in [1.29, 1.82) is 0 Å². The summed E-state index contributed by atoms with van der Waals surface area (Å²) in [4.78, 5) is 12.3. The quantitative estimate of drug-likeness (QED) is 0.323. The molecule has 31 heavy (non-hydrogen) atoms. The van der Waals surface area contributed by atoms with Crippen molar-refractivity contribution in [2.24, 2.45) is 0 Å². The first-order valence-electron chi connectivity index (χ1n) is 9.18. The highest BCUT2D eigenvalue weighted by Crippen LogP contribution is 2.30. The highest BCUT2D eigenvalue weighted by Gasteiger charge is 2.15. The summed E-state index contributed by atoms with van der Waals surface area (Å²) >= 11 is 13.3. The summed E-state index contributed by atoms with van der Waals surface area (Å²) in [7, 11) is 1.61. The smallest absolute Gasteiger partial charge is 0.234 e. The average molecular weight is 479 g/mol. The van der Waals surface area contributed by atoms with Gasteiger partial charge in [0.15, 0.2) is 11.0 Å². The van der Waals surface area contributed by atoms with Crippen LogP contribution >= 0.6 is 35.0 Å². The molecule has 0 aliphatic carbocycles. The van der Waals surface area contributed by atoms with Crippen LogP contribution in [0, 0.1) is 0 Å². The second-order valence-electron chi connectivity index (χ2n) is 6.20. The Labute approximate surface area is 194 Å². The standard InChI is InChI=1S/C21H20Cl2N4O3S/c1-3-11-27-18(12-30-15-9-7-14(29-2)8-10-15)25-26-21(27)31-13-19(28)24-17-6-4-5-16(22)20(17)23/h3-10H,1,11-13H2,2H3,(H,24,28). The van der Waals surface area contributed by atoms with E-state index in [0.717, 1.165) is 5.75 Å². The van der Waals surface area contributed by atoms with Gasteiger partial charge in [0.2, 0.25) is 5.91 Å². The number of nitrogens with zero attached hydrogens (tertiary/aromatic N) is 3. The third kappa shape index (κ3) is 6.16. The molecule has 3 aromatic rings. The highest BCUT2D eigenvalue weighted by molar-refractivity contribution is 7.99. The molecule has 2 aromatic carbocycles. The molecule has 1 N–H and O–H groups in total. The Morgan fingerprint density at radius 3 is 2.65 bits per heavy atom. The van der Waals surface area contributed by atoms with Crippen LogP contribution in [0.2, 0.25) is 10.0 Å². The van der Waals surface area contributed by atoms with Gasteiger partial charge in [0.1, 0.15) is 18.1 Å². The third-order valence-electron chi connectivity index (χ3n) is 4.09. The van der Waals surface area contributed by atoms with Crippen molar-refractivity contribution in [1.82, 2.24) is 14.8 Å². The monoisotopic (exact) mass is 478 g/mol. The van der Waals surface area contributed by atoms with Gasteiger partial charge >= 0.3 is 0 Å². The highest BCUT2D eigenvalue weighted by atomic mass is 35.5. The first-order valence-corrected chi connectivity index (χ1v) is 10.9. The summed E-state index contributed by atoms with van der Waals surface area (Å²) < 4.78 is 12.8. The minimum atomic E-state index is -0.238. The van der Waals surface area contributed by atoms with Gasteiger partial charge in [0, 0.05) is 6.54 Å².